The van der Waals surface area contributed by atoms with Crippen molar-refractivity contribution in [2.75, 3.05) is 12.4 Å². The maximum Gasteiger partial charge on any atom is 0.348 e. The van der Waals surface area contributed by atoms with Crippen LogP contribution in [0.2, 0.25) is 0 Å². The van der Waals surface area contributed by atoms with Crippen LogP contribution in [0.5, 0.6) is 5.75 Å². The van der Waals surface area contributed by atoms with Crippen LogP contribution in [-0.2, 0) is 6.42 Å². The normalized spacial score (nSPS) is 11.0. The van der Waals surface area contributed by atoms with E-state index in [1.807, 2.05) is 26.8 Å². The van der Waals surface area contributed by atoms with E-state index < -0.39 is 0 Å². The van der Waals surface area contributed by atoms with Gasteiger partial charge in [0, 0.05) is 12.1 Å². The number of hydrogen-bond acceptors (Lipinski definition) is 5. The zero-order valence-electron chi connectivity index (χ0n) is 11.6. The number of nitrogens with one attached hydrogen (secondary N) is 1. The Morgan fingerprint density at radius 3 is 2.74 bits per heavy atom. The highest BCUT2D eigenvalue weighted by atomic mass is 16.5. The lowest BCUT2D eigenvalue weighted by Crippen LogP contribution is -2.14. The highest BCUT2D eigenvalue weighted by Crippen LogP contribution is 2.23. The molecule has 0 aliphatic heterocycles. The van der Waals surface area contributed by atoms with E-state index in [2.05, 4.69) is 10.3 Å². The summed E-state index contributed by atoms with van der Waals surface area (Å²) in [7, 11) is 1.60. The highest BCUT2D eigenvalue weighted by Gasteiger charge is 2.12. The van der Waals surface area contributed by atoms with Gasteiger partial charge in [0.2, 0.25) is 0 Å². The Morgan fingerprint density at radius 2 is 2.16 bits per heavy atom. The van der Waals surface area contributed by atoms with Gasteiger partial charge < -0.3 is 14.5 Å². The Kier molecular flexibility index (Phi) is 3.74. The third kappa shape index (κ3) is 2.70. The number of ether oxygens (including phenoxy) is 1. The molecule has 0 saturated heterocycles. The van der Waals surface area contributed by atoms with E-state index in [1.54, 1.807) is 13.2 Å². The molecule has 0 radical (unpaired) electrons. The molecule has 0 unspecified atom stereocenters. The topological polar surface area (TPSA) is 64.4 Å². The summed E-state index contributed by atoms with van der Waals surface area (Å²) in [6, 6.07) is 3.97. The number of rotatable bonds is 4. The van der Waals surface area contributed by atoms with Crippen molar-refractivity contribution in [3.8, 4) is 5.75 Å². The third-order valence-corrected chi connectivity index (χ3v) is 2.82. The fourth-order valence-electron chi connectivity index (χ4n) is 1.96. The quantitative estimate of drug-likeness (QED) is 0.917. The molecular formula is C14H18N2O3. The van der Waals surface area contributed by atoms with E-state index in [9.17, 15) is 4.79 Å². The van der Waals surface area contributed by atoms with Crippen molar-refractivity contribution in [2.24, 2.45) is 0 Å². The molecular weight excluding hydrogens is 244 g/mol. The summed E-state index contributed by atoms with van der Waals surface area (Å²) in [6.45, 7) is 5.89. The molecule has 0 spiro atoms. The SMILES string of the molecule is CCc1cc(OC)cc2nc(NC(C)C)oc(=O)c12. The van der Waals surface area contributed by atoms with E-state index in [0.29, 0.717) is 16.7 Å². The van der Waals surface area contributed by atoms with Crippen molar-refractivity contribution in [3.63, 3.8) is 0 Å². The van der Waals surface area contributed by atoms with Gasteiger partial charge in [0.1, 0.15) is 5.75 Å². The van der Waals surface area contributed by atoms with Crippen LogP contribution >= 0.6 is 0 Å². The standard InChI is InChI=1S/C14H18N2O3/c1-5-9-6-10(18-4)7-11-12(9)13(17)19-14(16-11)15-8(2)3/h6-8H,5H2,1-4H3,(H,15,16). The van der Waals surface area contributed by atoms with Crippen molar-refractivity contribution < 1.29 is 9.15 Å². The summed E-state index contributed by atoms with van der Waals surface area (Å²) >= 11 is 0. The van der Waals surface area contributed by atoms with Crippen LogP contribution in [-0.4, -0.2) is 18.1 Å². The monoisotopic (exact) mass is 262 g/mol. The third-order valence-electron chi connectivity index (χ3n) is 2.82. The van der Waals surface area contributed by atoms with Gasteiger partial charge in [0.05, 0.1) is 18.0 Å². The van der Waals surface area contributed by atoms with Crippen molar-refractivity contribution in [2.45, 2.75) is 33.2 Å². The Labute approximate surface area is 111 Å². The molecule has 1 aromatic heterocycles. The van der Waals surface area contributed by atoms with Gasteiger partial charge in [0.15, 0.2) is 0 Å². The molecule has 0 amide bonds. The molecule has 1 aromatic carbocycles. The first-order valence-electron chi connectivity index (χ1n) is 6.33. The van der Waals surface area contributed by atoms with Crippen LogP contribution in [0.25, 0.3) is 10.9 Å². The second-order valence-electron chi connectivity index (χ2n) is 4.64. The number of aromatic nitrogens is 1. The summed E-state index contributed by atoms with van der Waals surface area (Å²) in [4.78, 5) is 16.4. The second kappa shape index (κ2) is 5.30. The van der Waals surface area contributed by atoms with Crippen molar-refractivity contribution in [3.05, 3.63) is 28.1 Å². The Balaban J connectivity index is 2.69. The van der Waals surface area contributed by atoms with E-state index in [0.717, 1.165) is 12.0 Å². The molecule has 0 aliphatic rings. The summed E-state index contributed by atoms with van der Waals surface area (Å²) in [5, 5.41) is 3.52. The van der Waals surface area contributed by atoms with Crippen LogP contribution in [0.1, 0.15) is 26.3 Å². The Hall–Kier alpha value is -2.04. The van der Waals surface area contributed by atoms with Gasteiger partial charge in [-0.15, -0.1) is 0 Å². The second-order valence-corrected chi connectivity index (χ2v) is 4.64. The van der Waals surface area contributed by atoms with Gasteiger partial charge in [-0.05, 0) is 31.9 Å². The first-order chi connectivity index (χ1) is 9.05. The fourth-order valence-corrected chi connectivity index (χ4v) is 1.96. The number of anilines is 1. The molecule has 0 fully saturated rings. The lowest BCUT2D eigenvalue weighted by atomic mass is 10.1. The Bertz CT molecular complexity index is 647. The average Bonchev–Trinajstić information content (AvgIpc) is 2.36. The lowest BCUT2D eigenvalue weighted by molar-refractivity contribution is 0.414. The summed E-state index contributed by atoms with van der Waals surface area (Å²) in [5.41, 5.74) is 1.11. The van der Waals surface area contributed by atoms with E-state index in [1.165, 1.54) is 0 Å². The van der Waals surface area contributed by atoms with E-state index in [-0.39, 0.29) is 17.7 Å². The molecule has 0 bridgehead atoms. The number of hydrogen-bond donors (Lipinski definition) is 1. The minimum atomic E-state index is -0.368. The molecule has 2 rings (SSSR count). The van der Waals surface area contributed by atoms with Gasteiger partial charge >= 0.3 is 5.63 Å². The molecule has 1 N–H and O–H groups in total. The molecule has 2 aromatic rings. The zero-order chi connectivity index (χ0) is 14.0. The largest absolute Gasteiger partial charge is 0.497 e. The van der Waals surface area contributed by atoms with E-state index in [4.69, 9.17) is 9.15 Å². The minimum absolute atomic E-state index is 0.143. The number of aryl methyl sites for hydroxylation is 1. The van der Waals surface area contributed by atoms with Crippen molar-refractivity contribution in [1.29, 1.82) is 0 Å². The maximum atomic E-state index is 12.1. The summed E-state index contributed by atoms with van der Waals surface area (Å²) < 4.78 is 10.4. The van der Waals surface area contributed by atoms with Crippen LogP contribution in [0, 0.1) is 0 Å². The number of fused-ring (bicyclic) bond motifs is 1. The maximum absolute atomic E-state index is 12.1. The smallest absolute Gasteiger partial charge is 0.348 e. The van der Waals surface area contributed by atoms with Crippen LogP contribution in [0.4, 0.5) is 6.01 Å². The average molecular weight is 262 g/mol. The number of nitrogens with zero attached hydrogens (tertiary/aromatic N) is 1. The van der Waals surface area contributed by atoms with Gasteiger partial charge in [-0.1, -0.05) is 6.92 Å². The van der Waals surface area contributed by atoms with Gasteiger partial charge in [-0.3, -0.25) is 0 Å². The predicted molar refractivity (Wildman–Crippen MR) is 75.0 cm³/mol. The molecule has 102 valence electrons. The minimum Gasteiger partial charge on any atom is -0.497 e. The molecule has 5 heteroatoms. The molecule has 5 nitrogen and oxygen atoms in total. The van der Waals surface area contributed by atoms with Gasteiger partial charge in [-0.25, -0.2) is 4.79 Å². The zero-order valence-corrected chi connectivity index (χ0v) is 11.6. The molecule has 0 aliphatic carbocycles. The molecule has 19 heavy (non-hydrogen) atoms. The lowest BCUT2D eigenvalue weighted by Gasteiger charge is -2.10. The van der Waals surface area contributed by atoms with Crippen molar-refractivity contribution >= 4 is 16.9 Å². The number of methoxy groups -OCH3 is 1. The summed E-state index contributed by atoms with van der Waals surface area (Å²) in [5.74, 6) is 0.693. The predicted octanol–water partition coefficient (Wildman–Crippen LogP) is 2.58. The van der Waals surface area contributed by atoms with Crippen molar-refractivity contribution in [1.82, 2.24) is 4.98 Å². The molecule has 1 heterocycles. The summed E-state index contributed by atoms with van der Waals surface area (Å²) in [6.07, 6.45) is 0.719. The number of benzene rings is 1. The van der Waals surface area contributed by atoms with E-state index >= 15 is 0 Å². The van der Waals surface area contributed by atoms with Gasteiger partial charge in [-0.2, -0.15) is 4.98 Å². The molecule has 0 atom stereocenters. The van der Waals surface area contributed by atoms with Crippen LogP contribution in [0.15, 0.2) is 21.3 Å². The van der Waals surface area contributed by atoms with Gasteiger partial charge in [0.25, 0.3) is 6.01 Å². The first kappa shape index (κ1) is 13.4. The first-order valence-corrected chi connectivity index (χ1v) is 6.33. The molecule has 0 saturated carbocycles. The highest BCUT2D eigenvalue weighted by molar-refractivity contribution is 5.83. The van der Waals surface area contributed by atoms with Crippen LogP contribution < -0.4 is 15.7 Å². The Morgan fingerprint density at radius 1 is 1.42 bits per heavy atom. The fraction of sp³-hybridized carbons (Fsp3) is 0.429. The van der Waals surface area contributed by atoms with Crippen LogP contribution in [0.3, 0.4) is 0 Å².